The number of nitrogens with one attached hydrogen (secondary N) is 3. The van der Waals surface area contributed by atoms with Gasteiger partial charge in [-0.2, -0.15) is 0 Å². The summed E-state index contributed by atoms with van der Waals surface area (Å²) in [5.74, 6) is -0.478. The van der Waals surface area contributed by atoms with Gasteiger partial charge in [0.2, 0.25) is 11.8 Å². The minimum Gasteiger partial charge on any atom is -0.361 e. The molecule has 1 aromatic heterocycles. The fourth-order valence-corrected chi connectivity index (χ4v) is 3.44. The molecule has 6 heteroatoms. The Morgan fingerprint density at radius 2 is 1.96 bits per heavy atom. The summed E-state index contributed by atoms with van der Waals surface area (Å²) < 4.78 is 0.949. The molecule has 0 spiro atoms. The molecular weight excluding hydrogens is 394 g/mol. The molecule has 0 aliphatic rings. The third kappa shape index (κ3) is 4.14. The molecule has 2 aromatic carbocycles. The summed E-state index contributed by atoms with van der Waals surface area (Å²) in [5.41, 5.74) is 3.67. The van der Waals surface area contributed by atoms with Crippen LogP contribution in [0.25, 0.3) is 10.9 Å². The number of rotatable bonds is 5. The summed E-state index contributed by atoms with van der Waals surface area (Å²) in [6.07, 6.45) is 2.29. The van der Waals surface area contributed by atoms with Crippen LogP contribution in [-0.4, -0.2) is 22.8 Å². The number of H-pyrrole nitrogens is 1. The molecule has 26 heavy (non-hydrogen) atoms. The highest BCUT2D eigenvalue weighted by Gasteiger charge is 2.22. The number of aromatic amines is 1. The largest absolute Gasteiger partial charge is 0.361 e. The number of fused-ring (bicyclic) bond motifs is 1. The van der Waals surface area contributed by atoms with Gasteiger partial charge in [-0.05, 0) is 42.3 Å². The summed E-state index contributed by atoms with van der Waals surface area (Å²) in [4.78, 5) is 27.6. The second-order valence-corrected chi connectivity index (χ2v) is 7.18. The Labute approximate surface area is 160 Å². The van der Waals surface area contributed by atoms with Gasteiger partial charge in [0.25, 0.3) is 0 Å². The first kappa shape index (κ1) is 18.2. The average molecular weight is 414 g/mol. The van der Waals surface area contributed by atoms with Crippen LogP contribution in [0.4, 0.5) is 5.69 Å². The second kappa shape index (κ2) is 7.74. The van der Waals surface area contributed by atoms with Crippen molar-refractivity contribution in [3.63, 3.8) is 0 Å². The number of halogens is 1. The zero-order chi connectivity index (χ0) is 18.7. The summed E-state index contributed by atoms with van der Waals surface area (Å²) in [7, 11) is 0. The van der Waals surface area contributed by atoms with Crippen molar-refractivity contribution in [2.24, 2.45) is 0 Å². The Morgan fingerprint density at radius 3 is 2.69 bits per heavy atom. The highest BCUT2D eigenvalue weighted by molar-refractivity contribution is 9.10. The third-order valence-corrected chi connectivity index (χ3v) is 4.73. The van der Waals surface area contributed by atoms with E-state index in [9.17, 15) is 9.59 Å². The molecule has 5 nitrogen and oxygen atoms in total. The van der Waals surface area contributed by atoms with Gasteiger partial charge in [0, 0.05) is 40.6 Å². The monoisotopic (exact) mass is 413 g/mol. The molecule has 134 valence electrons. The van der Waals surface area contributed by atoms with Crippen molar-refractivity contribution in [2.75, 3.05) is 5.32 Å². The van der Waals surface area contributed by atoms with Crippen molar-refractivity contribution in [1.82, 2.24) is 10.3 Å². The lowest BCUT2D eigenvalue weighted by Crippen LogP contribution is -2.44. The molecule has 0 aliphatic carbocycles. The molecule has 0 saturated carbocycles. The molecule has 1 atom stereocenters. The quantitative estimate of drug-likeness (QED) is 0.592. The van der Waals surface area contributed by atoms with E-state index in [-0.39, 0.29) is 11.8 Å². The predicted molar refractivity (Wildman–Crippen MR) is 107 cm³/mol. The second-order valence-electron chi connectivity index (χ2n) is 6.27. The molecule has 2 amide bonds. The van der Waals surface area contributed by atoms with Crippen molar-refractivity contribution >= 4 is 44.3 Å². The number of aryl methyl sites for hydroxylation is 1. The van der Waals surface area contributed by atoms with Crippen LogP contribution >= 0.6 is 15.9 Å². The van der Waals surface area contributed by atoms with Gasteiger partial charge in [0.15, 0.2) is 0 Å². The summed E-state index contributed by atoms with van der Waals surface area (Å²) in [5, 5.41) is 6.73. The van der Waals surface area contributed by atoms with Crippen LogP contribution in [0.15, 0.2) is 53.1 Å². The van der Waals surface area contributed by atoms with Gasteiger partial charge in [-0.1, -0.05) is 34.1 Å². The Morgan fingerprint density at radius 1 is 1.19 bits per heavy atom. The van der Waals surface area contributed by atoms with E-state index >= 15 is 0 Å². The lowest BCUT2D eigenvalue weighted by Gasteiger charge is -2.18. The zero-order valence-electron chi connectivity index (χ0n) is 14.6. The van der Waals surface area contributed by atoms with Gasteiger partial charge in [-0.25, -0.2) is 0 Å². The lowest BCUT2D eigenvalue weighted by molar-refractivity contribution is -0.125. The maximum Gasteiger partial charge on any atom is 0.247 e. The van der Waals surface area contributed by atoms with Crippen LogP contribution in [0.2, 0.25) is 0 Å². The van der Waals surface area contributed by atoms with Crippen molar-refractivity contribution in [3.8, 4) is 0 Å². The molecule has 3 N–H and O–H groups in total. The normalized spacial score (nSPS) is 12.0. The number of anilines is 1. The number of benzene rings is 2. The van der Waals surface area contributed by atoms with E-state index in [1.165, 1.54) is 6.92 Å². The topological polar surface area (TPSA) is 74.0 Å². The Hall–Kier alpha value is -2.60. The van der Waals surface area contributed by atoms with Gasteiger partial charge in [0.1, 0.15) is 6.04 Å². The molecule has 0 aliphatic heterocycles. The van der Waals surface area contributed by atoms with Crippen molar-refractivity contribution in [3.05, 3.63) is 64.3 Å². The van der Waals surface area contributed by atoms with E-state index in [1.54, 1.807) is 0 Å². The first-order valence-electron chi connectivity index (χ1n) is 8.33. The van der Waals surface area contributed by atoms with E-state index in [0.717, 1.165) is 32.2 Å². The molecule has 0 saturated heterocycles. The zero-order valence-corrected chi connectivity index (χ0v) is 16.2. The highest BCUT2D eigenvalue weighted by Crippen LogP contribution is 2.22. The lowest BCUT2D eigenvalue weighted by atomic mass is 10.0. The number of amides is 2. The van der Waals surface area contributed by atoms with Gasteiger partial charge in [-0.15, -0.1) is 0 Å². The van der Waals surface area contributed by atoms with Gasteiger partial charge < -0.3 is 15.6 Å². The fourth-order valence-electron chi connectivity index (χ4n) is 2.96. The average Bonchev–Trinajstić information content (AvgIpc) is 2.99. The molecule has 0 bridgehead atoms. The number of para-hydroxylation sites is 1. The van der Waals surface area contributed by atoms with Gasteiger partial charge in [-0.3, -0.25) is 9.59 Å². The molecule has 1 heterocycles. The summed E-state index contributed by atoms with van der Waals surface area (Å²) in [6.45, 7) is 3.34. The number of carbonyl (C=O) groups is 2. The predicted octanol–water partition coefficient (Wildman–Crippen LogP) is 3.92. The van der Waals surface area contributed by atoms with Crippen LogP contribution < -0.4 is 10.6 Å². The molecular formula is C20H20BrN3O2. The molecule has 3 aromatic rings. The number of hydrogen-bond donors (Lipinski definition) is 3. The van der Waals surface area contributed by atoms with Crippen LogP contribution in [-0.2, 0) is 16.0 Å². The van der Waals surface area contributed by atoms with E-state index in [1.807, 2.05) is 55.6 Å². The maximum atomic E-state index is 12.8. The Bertz CT molecular complexity index is 965. The number of hydrogen-bond acceptors (Lipinski definition) is 2. The molecule has 0 radical (unpaired) electrons. The molecule has 3 rings (SSSR count). The van der Waals surface area contributed by atoms with E-state index < -0.39 is 6.04 Å². The number of carbonyl (C=O) groups excluding carboxylic acids is 2. The molecule has 1 unspecified atom stereocenters. The van der Waals surface area contributed by atoms with E-state index in [0.29, 0.717) is 6.42 Å². The first-order chi connectivity index (χ1) is 12.4. The summed E-state index contributed by atoms with van der Waals surface area (Å²) in [6, 6.07) is 12.9. The van der Waals surface area contributed by atoms with Gasteiger partial charge in [0.05, 0.1) is 0 Å². The minimum atomic E-state index is -0.658. The van der Waals surface area contributed by atoms with E-state index in [4.69, 9.17) is 0 Å². The highest BCUT2D eigenvalue weighted by atomic mass is 79.9. The van der Waals surface area contributed by atoms with Crippen LogP contribution in [0.3, 0.4) is 0 Å². The minimum absolute atomic E-state index is 0.238. The van der Waals surface area contributed by atoms with Crippen LogP contribution in [0.5, 0.6) is 0 Å². The first-order valence-corrected chi connectivity index (χ1v) is 9.12. The van der Waals surface area contributed by atoms with Crippen molar-refractivity contribution in [1.29, 1.82) is 0 Å². The van der Waals surface area contributed by atoms with Crippen LogP contribution in [0, 0.1) is 6.92 Å². The maximum absolute atomic E-state index is 12.8. The smallest absolute Gasteiger partial charge is 0.247 e. The fraction of sp³-hybridized carbons (Fsp3) is 0.200. The Kier molecular flexibility index (Phi) is 5.42. The van der Waals surface area contributed by atoms with Crippen molar-refractivity contribution in [2.45, 2.75) is 26.3 Å². The van der Waals surface area contributed by atoms with Gasteiger partial charge >= 0.3 is 0 Å². The summed E-state index contributed by atoms with van der Waals surface area (Å²) >= 11 is 3.41. The standard InChI is InChI=1S/C20H20BrN3O2/c1-12-9-15(21)7-8-17(12)24-20(26)19(23-13(2)25)10-14-11-22-18-6-4-3-5-16(14)18/h3-9,11,19,22H,10H2,1-2H3,(H,23,25)(H,24,26). The Balaban J connectivity index is 1.83. The SMILES string of the molecule is CC(=O)NC(Cc1c[nH]c2ccccc12)C(=O)Nc1ccc(Br)cc1C. The number of aromatic nitrogens is 1. The third-order valence-electron chi connectivity index (χ3n) is 4.24. The molecule has 0 fully saturated rings. The van der Waals surface area contributed by atoms with Crippen LogP contribution in [0.1, 0.15) is 18.1 Å². The van der Waals surface area contributed by atoms with Crippen molar-refractivity contribution < 1.29 is 9.59 Å². The van der Waals surface area contributed by atoms with E-state index in [2.05, 4.69) is 31.5 Å².